The van der Waals surface area contributed by atoms with Crippen molar-refractivity contribution in [2.75, 3.05) is 38.1 Å². The van der Waals surface area contributed by atoms with Gasteiger partial charge in [-0.1, -0.05) is 15.9 Å². The van der Waals surface area contributed by atoms with Crippen LogP contribution in [0, 0.1) is 20.8 Å². The second kappa shape index (κ2) is 9.50. The van der Waals surface area contributed by atoms with E-state index in [-0.39, 0.29) is 11.2 Å². The van der Waals surface area contributed by atoms with Crippen LogP contribution in [0.15, 0.2) is 43.3 Å². The topological polar surface area (TPSA) is 83.6 Å². The molecule has 1 saturated heterocycles. The predicted molar refractivity (Wildman–Crippen MR) is 153 cm³/mol. The van der Waals surface area contributed by atoms with Crippen LogP contribution in [0.4, 0.5) is 11.4 Å². The molecule has 37 heavy (non-hydrogen) atoms. The molecular weight excluding hydrogens is 534 g/mol. The number of hydrogen-bond acceptors (Lipinski definition) is 5. The molecule has 0 amide bonds. The van der Waals surface area contributed by atoms with Gasteiger partial charge in [-0.3, -0.25) is 24.0 Å². The molecule has 2 aromatic heterocycles. The molecule has 0 saturated carbocycles. The number of rotatable bonds is 4. The number of aromatic amines is 1. The van der Waals surface area contributed by atoms with Crippen molar-refractivity contribution in [3.63, 3.8) is 0 Å². The van der Waals surface area contributed by atoms with Crippen LogP contribution in [0.25, 0.3) is 16.7 Å². The average molecular weight is 567 g/mol. The number of likely N-dealkylation sites (N-methyl/N-ethyl adjacent to an activating group) is 1. The highest BCUT2D eigenvalue weighted by atomic mass is 79.9. The Morgan fingerprint density at radius 1 is 0.892 bits per heavy atom. The zero-order valence-electron chi connectivity index (χ0n) is 22.1. The van der Waals surface area contributed by atoms with Gasteiger partial charge in [0.25, 0.3) is 5.56 Å². The molecule has 10 heteroatoms. The molecule has 0 bridgehead atoms. The van der Waals surface area contributed by atoms with Crippen LogP contribution in [0.2, 0.25) is 0 Å². The molecule has 2 aromatic carbocycles. The first kappa shape index (κ1) is 25.3. The number of imidazole rings is 1. The average Bonchev–Trinajstić information content (AvgIpc) is 3.28. The van der Waals surface area contributed by atoms with E-state index < -0.39 is 0 Å². The molecule has 3 heterocycles. The maximum absolute atomic E-state index is 13.5. The van der Waals surface area contributed by atoms with Crippen LogP contribution in [0.3, 0.4) is 0 Å². The fraction of sp³-hybridized carbons (Fsp3) is 0.370. The van der Waals surface area contributed by atoms with Crippen molar-refractivity contribution >= 4 is 44.6 Å². The number of aryl methyl sites for hydroxylation is 3. The van der Waals surface area contributed by atoms with E-state index in [9.17, 15) is 9.59 Å². The first-order valence-corrected chi connectivity index (χ1v) is 13.1. The number of piperazine rings is 1. The summed E-state index contributed by atoms with van der Waals surface area (Å²) in [7, 11) is 5.68. The monoisotopic (exact) mass is 565 g/mol. The maximum Gasteiger partial charge on any atom is 0.328 e. The van der Waals surface area contributed by atoms with Crippen molar-refractivity contribution in [3.05, 3.63) is 72.0 Å². The lowest BCUT2D eigenvalue weighted by Gasteiger charge is -2.34. The lowest BCUT2D eigenvalue weighted by Crippen LogP contribution is -2.44. The van der Waals surface area contributed by atoms with Crippen molar-refractivity contribution < 1.29 is 0 Å². The number of aliphatic imine (C=N–C) groups is 1. The SMILES string of the molecule is Cc1[nH]n(-c2ccc(Br)c(C)c2C)c(=O)c1C=Nc1cc2c(cc1N1CCN(C)CC1)n(C)c(=O)n2C. The van der Waals surface area contributed by atoms with Gasteiger partial charge in [-0.2, -0.15) is 0 Å². The Morgan fingerprint density at radius 2 is 1.54 bits per heavy atom. The van der Waals surface area contributed by atoms with Gasteiger partial charge in [0.1, 0.15) is 0 Å². The third-order valence-electron chi connectivity index (χ3n) is 7.60. The zero-order valence-corrected chi connectivity index (χ0v) is 23.7. The first-order valence-electron chi connectivity index (χ1n) is 12.3. The molecule has 9 nitrogen and oxygen atoms in total. The fourth-order valence-electron chi connectivity index (χ4n) is 4.96. The minimum atomic E-state index is -0.152. The molecule has 0 spiro atoms. The molecule has 1 aliphatic heterocycles. The molecule has 0 unspecified atom stereocenters. The van der Waals surface area contributed by atoms with Gasteiger partial charge in [-0.15, -0.1) is 0 Å². The van der Waals surface area contributed by atoms with Crippen LogP contribution < -0.4 is 16.1 Å². The van der Waals surface area contributed by atoms with E-state index in [1.807, 2.05) is 45.0 Å². The van der Waals surface area contributed by atoms with Gasteiger partial charge in [0.15, 0.2) is 0 Å². The first-order chi connectivity index (χ1) is 17.6. The molecular formula is C27H32BrN7O2. The van der Waals surface area contributed by atoms with Gasteiger partial charge in [-0.25, -0.2) is 9.48 Å². The minimum absolute atomic E-state index is 0.0787. The highest BCUT2D eigenvalue weighted by Crippen LogP contribution is 2.34. The molecule has 0 radical (unpaired) electrons. The summed E-state index contributed by atoms with van der Waals surface area (Å²) in [6.07, 6.45) is 1.65. The molecule has 1 N–H and O–H groups in total. The molecule has 0 atom stereocenters. The number of anilines is 1. The number of nitrogens with one attached hydrogen (secondary N) is 1. The van der Waals surface area contributed by atoms with Crippen molar-refractivity contribution in [2.45, 2.75) is 20.8 Å². The molecule has 5 rings (SSSR count). The second-order valence-electron chi connectivity index (χ2n) is 9.89. The van der Waals surface area contributed by atoms with Gasteiger partial charge >= 0.3 is 5.69 Å². The van der Waals surface area contributed by atoms with Crippen LogP contribution in [0.5, 0.6) is 0 Å². The molecule has 1 aliphatic rings. The Labute approximate surface area is 223 Å². The third kappa shape index (κ3) is 4.27. The Kier molecular flexibility index (Phi) is 6.49. The van der Waals surface area contributed by atoms with E-state index in [2.05, 4.69) is 37.9 Å². The summed E-state index contributed by atoms with van der Waals surface area (Å²) in [6.45, 7) is 9.54. The molecule has 1 fully saturated rings. The molecule has 194 valence electrons. The minimum Gasteiger partial charge on any atom is -0.367 e. The lowest BCUT2D eigenvalue weighted by molar-refractivity contribution is 0.313. The van der Waals surface area contributed by atoms with Gasteiger partial charge in [0, 0.05) is 56.7 Å². The maximum atomic E-state index is 13.5. The number of halogens is 1. The summed E-state index contributed by atoms with van der Waals surface area (Å²) in [5.41, 5.74) is 7.31. The fourth-order valence-corrected chi connectivity index (χ4v) is 5.39. The number of aromatic nitrogens is 4. The molecule has 4 aromatic rings. The standard InChI is InChI=1S/C27H32BrN7O2/c1-16-17(2)22(8-7-20(16)28)35-26(36)19(18(3)30-35)15-29-21-13-24-25(33(6)27(37)32(24)5)14-23(21)34-11-9-31(4)10-12-34/h7-8,13-15,30H,9-12H2,1-6H3. The third-order valence-corrected chi connectivity index (χ3v) is 8.45. The van der Waals surface area contributed by atoms with Gasteiger partial charge in [0.05, 0.1) is 33.7 Å². The second-order valence-corrected chi connectivity index (χ2v) is 10.7. The van der Waals surface area contributed by atoms with E-state index >= 15 is 0 Å². The molecule has 0 aliphatic carbocycles. The predicted octanol–water partition coefficient (Wildman–Crippen LogP) is 3.55. The van der Waals surface area contributed by atoms with E-state index in [1.165, 1.54) is 0 Å². The van der Waals surface area contributed by atoms with Crippen LogP contribution in [-0.2, 0) is 14.1 Å². The number of fused-ring (bicyclic) bond motifs is 1. The lowest BCUT2D eigenvalue weighted by atomic mass is 10.1. The highest BCUT2D eigenvalue weighted by Gasteiger charge is 2.21. The highest BCUT2D eigenvalue weighted by molar-refractivity contribution is 9.10. The van der Waals surface area contributed by atoms with Gasteiger partial charge in [0.2, 0.25) is 0 Å². The van der Waals surface area contributed by atoms with Crippen molar-refractivity contribution in [1.82, 2.24) is 23.8 Å². The Morgan fingerprint density at radius 3 is 2.22 bits per heavy atom. The summed E-state index contributed by atoms with van der Waals surface area (Å²) < 4.78 is 5.89. The van der Waals surface area contributed by atoms with Crippen LogP contribution in [0.1, 0.15) is 22.4 Å². The van der Waals surface area contributed by atoms with Gasteiger partial charge in [-0.05, 0) is 63.2 Å². The Hall–Kier alpha value is -3.37. The Bertz CT molecular complexity index is 1660. The quantitative estimate of drug-likeness (QED) is 0.383. The summed E-state index contributed by atoms with van der Waals surface area (Å²) in [4.78, 5) is 35.5. The number of hydrogen-bond donors (Lipinski definition) is 1. The van der Waals surface area contributed by atoms with Crippen LogP contribution >= 0.6 is 15.9 Å². The van der Waals surface area contributed by atoms with Gasteiger partial charge < -0.3 is 9.80 Å². The zero-order chi connectivity index (χ0) is 26.6. The number of nitrogens with zero attached hydrogens (tertiary/aromatic N) is 6. The largest absolute Gasteiger partial charge is 0.367 e. The van der Waals surface area contributed by atoms with E-state index in [0.29, 0.717) is 5.56 Å². The van der Waals surface area contributed by atoms with Crippen molar-refractivity contribution in [3.8, 4) is 5.69 Å². The number of H-pyrrole nitrogens is 1. The summed E-state index contributed by atoms with van der Waals surface area (Å²) in [5.74, 6) is 0. The summed E-state index contributed by atoms with van der Waals surface area (Å²) in [6, 6.07) is 7.88. The Balaban J connectivity index is 1.62. The summed E-state index contributed by atoms with van der Waals surface area (Å²) in [5, 5.41) is 3.22. The van der Waals surface area contributed by atoms with E-state index in [1.54, 1.807) is 34.1 Å². The van der Waals surface area contributed by atoms with E-state index in [0.717, 1.165) is 75.6 Å². The smallest absolute Gasteiger partial charge is 0.328 e. The van der Waals surface area contributed by atoms with E-state index in [4.69, 9.17) is 4.99 Å². The summed E-state index contributed by atoms with van der Waals surface area (Å²) >= 11 is 3.56. The number of benzene rings is 2. The van der Waals surface area contributed by atoms with Crippen molar-refractivity contribution in [1.29, 1.82) is 0 Å². The van der Waals surface area contributed by atoms with Crippen LogP contribution in [-0.4, -0.2) is 63.3 Å². The van der Waals surface area contributed by atoms with Crippen molar-refractivity contribution in [2.24, 2.45) is 19.1 Å². The normalized spacial score (nSPS) is 14.9.